The van der Waals surface area contributed by atoms with Crippen LogP contribution in [0.3, 0.4) is 0 Å². The number of alkyl halides is 1. The number of hydrogen-bond acceptors (Lipinski definition) is 2. The fourth-order valence-corrected chi connectivity index (χ4v) is 2.44. The van der Waals surface area contributed by atoms with Crippen LogP contribution in [0.25, 0.3) is 0 Å². The van der Waals surface area contributed by atoms with Crippen LogP contribution in [0.4, 0.5) is 10.1 Å². The fourth-order valence-electron chi connectivity index (χ4n) is 2.24. The quantitative estimate of drug-likeness (QED) is 0.773. The van der Waals surface area contributed by atoms with E-state index in [1.807, 2.05) is 44.0 Å². The Morgan fingerprint density at radius 1 is 1.35 bits per heavy atom. The maximum atomic E-state index is 13.9. The summed E-state index contributed by atoms with van der Waals surface area (Å²) in [6.45, 7) is 3.91. The minimum atomic E-state index is -0.190. The number of aryl methyl sites for hydroxylation is 1. The molecule has 4 heteroatoms. The first kappa shape index (κ1) is 14.8. The summed E-state index contributed by atoms with van der Waals surface area (Å²) in [7, 11) is 1.95. The van der Waals surface area contributed by atoms with Crippen molar-refractivity contribution >= 4 is 17.3 Å². The number of pyridine rings is 1. The summed E-state index contributed by atoms with van der Waals surface area (Å²) in [6, 6.07) is 8.75. The first-order chi connectivity index (χ1) is 9.54. The molecule has 1 aromatic heterocycles. The predicted octanol–water partition coefficient (Wildman–Crippen LogP) is 4.47. The molecule has 0 amide bonds. The second-order valence-electron chi connectivity index (χ2n) is 4.90. The van der Waals surface area contributed by atoms with Gasteiger partial charge >= 0.3 is 0 Å². The monoisotopic (exact) mass is 292 g/mol. The third-order valence-corrected chi connectivity index (χ3v) is 3.85. The Morgan fingerprint density at radius 2 is 2.05 bits per heavy atom. The zero-order chi connectivity index (χ0) is 14.7. The largest absolute Gasteiger partial charge is 0.367 e. The van der Waals surface area contributed by atoms with Gasteiger partial charge in [-0.1, -0.05) is 18.2 Å². The molecule has 2 nitrogen and oxygen atoms in total. The smallest absolute Gasteiger partial charge is 0.128 e. The lowest BCUT2D eigenvalue weighted by molar-refractivity contribution is 0.585. The van der Waals surface area contributed by atoms with Crippen LogP contribution >= 0.6 is 11.6 Å². The van der Waals surface area contributed by atoms with E-state index in [-0.39, 0.29) is 11.9 Å². The van der Waals surface area contributed by atoms with E-state index in [0.717, 1.165) is 16.9 Å². The average molecular weight is 293 g/mol. The van der Waals surface area contributed by atoms with Crippen molar-refractivity contribution in [3.8, 4) is 0 Å². The van der Waals surface area contributed by atoms with Crippen molar-refractivity contribution in [2.75, 3.05) is 11.9 Å². The van der Waals surface area contributed by atoms with Gasteiger partial charge in [-0.05, 0) is 26.0 Å². The molecule has 1 heterocycles. The molecule has 0 aliphatic rings. The van der Waals surface area contributed by atoms with Crippen molar-refractivity contribution in [2.24, 2.45) is 0 Å². The fraction of sp³-hybridized carbons (Fsp3) is 0.312. The molecular weight excluding hydrogens is 275 g/mol. The molecule has 1 unspecified atom stereocenters. The molecular formula is C16H18ClFN2. The second-order valence-corrected chi connectivity index (χ2v) is 5.16. The van der Waals surface area contributed by atoms with Gasteiger partial charge in [-0.3, -0.25) is 4.98 Å². The van der Waals surface area contributed by atoms with Gasteiger partial charge in [0.1, 0.15) is 5.82 Å². The van der Waals surface area contributed by atoms with E-state index in [1.54, 1.807) is 12.3 Å². The molecule has 0 spiro atoms. The molecule has 0 bridgehead atoms. The standard InChI is InChI=1S/C16H18ClFN2/c1-11-8-16(13(9-17)10-19-11)20(3)12(2)14-6-4-5-7-15(14)18/h4-8,10,12H,9H2,1-3H3. The van der Waals surface area contributed by atoms with Gasteiger partial charge in [-0.2, -0.15) is 0 Å². The first-order valence-corrected chi connectivity index (χ1v) is 7.06. The number of hydrogen-bond donors (Lipinski definition) is 0. The van der Waals surface area contributed by atoms with Gasteiger partial charge < -0.3 is 4.90 Å². The molecule has 0 fully saturated rings. The minimum Gasteiger partial charge on any atom is -0.367 e. The van der Waals surface area contributed by atoms with E-state index < -0.39 is 0 Å². The van der Waals surface area contributed by atoms with Crippen molar-refractivity contribution < 1.29 is 4.39 Å². The Balaban J connectivity index is 2.38. The Kier molecular flexibility index (Phi) is 4.61. The average Bonchev–Trinajstić information content (AvgIpc) is 2.46. The van der Waals surface area contributed by atoms with Crippen molar-refractivity contribution in [3.05, 3.63) is 59.2 Å². The molecule has 0 saturated heterocycles. The molecule has 0 aliphatic heterocycles. The highest BCUT2D eigenvalue weighted by Gasteiger charge is 2.18. The van der Waals surface area contributed by atoms with E-state index in [0.29, 0.717) is 11.4 Å². The van der Waals surface area contributed by atoms with E-state index >= 15 is 0 Å². The highest BCUT2D eigenvalue weighted by atomic mass is 35.5. The summed E-state index contributed by atoms with van der Waals surface area (Å²) in [6.07, 6.45) is 1.78. The molecule has 0 radical (unpaired) electrons. The van der Waals surface area contributed by atoms with Crippen LogP contribution in [0.15, 0.2) is 36.5 Å². The van der Waals surface area contributed by atoms with Gasteiger partial charge in [0.15, 0.2) is 0 Å². The molecule has 0 N–H and O–H groups in total. The summed E-state index contributed by atoms with van der Waals surface area (Å²) < 4.78 is 13.9. The van der Waals surface area contributed by atoms with Crippen LogP contribution < -0.4 is 4.90 Å². The number of halogens is 2. The van der Waals surface area contributed by atoms with E-state index in [1.165, 1.54) is 6.07 Å². The number of benzene rings is 1. The summed E-state index contributed by atoms with van der Waals surface area (Å²) in [4.78, 5) is 6.29. The third kappa shape index (κ3) is 2.93. The summed E-state index contributed by atoms with van der Waals surface area (Å²) in [5.74, 6) is 0.196. The van der Waals surface area contributed by atoms with Crippen LogP contribution in [0, 0.1) is 12.7 Å². The molecule has 0 saturated carbocycles. The van der Waals surface area contributed by atoms with E-state index in [2.05, 4.69) is 4.98 Å². The molecule has 0 aliphatic carbocycles. The van der Waals surface area contributed by atoms with Gasteiger partial charge in [0.05, 0.1) is 11.9 Å². The maximum Gasteiger partial charge on any atom is 0.128 e. The van der Waals surface area contributed by atoms with E-state index in [4.69, 9.17) is 11.6 Å². The van der Waals surface area contributed by atoms with Gasteiger partial charge in [0.2, 0.25) is 0 Å². The van der Waals surface area contributed by atoms with Gasteiger partial charge in [-0.15, -0.1) is 11.6 Å². The molecule has 106 valence electrons. The van der Waals surface area contributed by atoms with Crippen LogP contribution in [0.5, 0.6) is 0 Å². The Bertz CT molecular complexity index is 601. The molecule has 1 atom stereocenters. The first-order valence-electron chi connectivity index (χ1n) is 6.53. The highest BCUT2D eigenvalue weighted by molar-refractivity contribution is 6.17. The Morgan fingerprint density at radius 3 is 2.70 bits per heavy atom. The van der Waals surface area contributed by atoms with Gasteiger partial charge in [-0.25, -0.2) is 4.39 Å². The zero-order valence-electron chi connectivity index (χ0n) is 11.9. The number of anilines is 1. The third-order valence-electron chi connectivity index (χ3n) is 3.56. The summed E-state index contributed by atoms with van der Waals surface area (Å²) in [5.41, 5.74) is 3.53. The van der Waals surface area contributed by atoms with Crippen LogP contribution in [0.1, 0.15) is 29.8 Å². The lowest BCUT2D eigenvalue weighted by Gasteiger charge is -2.29. The van der Waals surface area contributed by atoms with E-state index in [9.17, 15) is 4.39 Å². The van der Waals surface area contributed by atoms with Gasteiger partial charge in [0, 0.05) is 35.8 Å². The highest BCUT2D eigenvalue weighted by Crippen LogP contribution is 2.30. The summed E-state index contributed by atoms with van der Waals surface area (Å²) in [5, 5.41) is 0. The Hall–Kier alpha value is -1.61. The molecule has 20 heavy (non-hydrogen) atoms. The summed E-state index contributed by atoms with van der Waals surface area (Å²) >= 11 is 5.97. The minimum absolute atomic E-state index is 0.0834. The van der Waals surface area contributed by atoms with Crippen molar-refractivity contribution in [1.29, 1.82) is 0 Å². The zero-order valence-corrected chi connectivity index (χ0v) is 12.7. The molecule has 2 rings (SSSR count). The van der Waals surface area contributed by atoms with Crippen molar-refractivity contribution in [1.82, 2.24) is 4.98 Å². The predicted molar refractivity (Wildman–Crippen MR) is 81.7 cm³/mol. The van der Waals surface area contributed by atoms with Crippen LogP contribution in [0.2, 0.25) is 0 Å². The normalized spacial score (nSPS) is 12.2. The van der Waals surface area contributed by atoms with Crippen molar-refractivity contribution in [3.63, 3.8) is 0 Å². The van der Waals surface area contributed by atoms with Crippen LogP contribution in [-0.4, -0.2) is 12.0 Å². The SMILES string of the molecule is Cc1cc(N(C)C(C)c2ccccc2F)c(CCl)cn1. The lowest BCUT2D eigenvalue weighted by atomic mass is 10.1. The molecule has 1 aromatic carbocycles. The number of nitrogens with zero attached hydrogens (tertiary/aromatic N) is 2. The maximum absolute atomic E-state index is 13.9. The number of rotatable bonds is 4. The Labute approximate surface area is 124 Å². The van der Waals surface area contributed by atoms with Gasteiger partial charge in [0.25, 0.3) is 0 Å². The molecule has 2 aromatic rings. The second kappa shape index (κ2) is 6.23. The van der Waals surface area contributed by atoms with Crippen molar-refractivity contribution in [2.45, 2.75) is 25.8 Å². The lowest BCUT2D eigenvalue weighted by Crippen LogP contribution is -2.23. The van der Waals surface area contributed by atoms with Crippen LogP contribution in [-0.2, 0) is 5.88 Å². The number of aromatic nitrogens is 1. The topological polar surface area (TPSA) is 16.1 Å².